The standard InChI is InChI=1S/C13H20N2O6/c1-13(2)20-10-8(19-9(7-16)11(10)21-13)5-3-4-6-15(18)12(14)17/h8-11,16,18H,4,6-7H2,1-2H3,(H2,14,17). The van der Waals surface area contributed by atoms with Gasteiger partial charge in [-0.15, -0.1) is 0 Å². The molecular formula is C13H20N2O6. The van der Waals surface area contributed by atoms with Gasteiger partial charge in [0.05, 0.1) is 13.2 Å². The highest BCUT2D eigenvalue weighted by atomic mass is 16.8. The third kappa shape index (κ3) is 3.64. The van der Waals surface area contributed by atoms with Crippen molar-refractivity contribution < 1.29 is 29.3 Å². The van der Waals surface area contributed by atoms with Crippen LogP contribution in [0, 0.1) is 11.8 Å². The zero-order chi connectivity index (χ0) is 15.6. The van der Waals surface area contributed by atoms with Gasteiger partial charge in [-0.05, 0) is 13.8 Å². The average molecular weight is 300 g/mol. The number of aliphatic hydroxyl groups excluding tert-OH is 1. The zero-order valence-corrected chi connectivity index (χ0v) is 12.0. The van der Waals surface area contributed by atoms with Gasteiger partial charge in [0, 0.05) is 6.42 Å². The number of primary amides is 1. The molecule has 0 bridgehead atoms. The van der Waals surface area contributed by atoms with Crippen LogP contribution in [0.15, 0.2) is 0 Å². The number of urea groups is 1. The fraction of sp³-hybridized carbons (Fsp3) is 0.769. The number of aliphatic hydroxyl groups is 1. The van der Waals surface area contributed by atoms with Crippen molar-refractivity contribution >= 4 is 6.03 Å². The molecule has 2 saturated heterocycles. The quantitative estimate of drug-likeness (QED) is 0.365. The van der Waals surface area contributed by atoms with E-state index in [1.807, 2.05) is 0 Å². The van der Waals surface area contributed by atoms with Crippen molar-refractivity contribution in [3.63, 3.8) is 0 Å². The summed E-state index contributed by atoms with van der Waals surface area (Å²) in [6.07, 6.45) is -1.48. The number of fused-ring (bicyclic) bond motifs is 1. The maximum absolute atomic E-state index is 10.6. The summed E-state index contributed by atoms with van der Waals surface area (Å²) in [4.78, 5) is 10.6. The second-order valence-corrected chi connectivity index (χ2v) is 5.37. The number of carbonyl (C=O) groups is 1. The Kier molecular flexibility index (Phi) is 4.70. The van der Waals surface area contributed by atoms with Gasteiger partial charge in [-0.3, -0.25) is 5.21 Å². The number of nitrogens with zero attached hydrogens (tertiary/aromatic N) is 1. The fourth-order valence-electron chi connectivity index (χ4n) is 2.39. The Balaban J connectivity index is 1.93. The number of nitrogens with two attached hydrogens (primary N) is 1. The van der Waals surface area contributed by atoms with Gasteiger partial charge in [0.15, 0.2) is 5.79 Å². The molecule has 0 spiro atoms. The molecule has 0 radical (unpaired) electrons. The van der Waals surface area contributed by atoms with E-state index in [0.717, 1.165) is 0 Å². The summed E-state index contributed by atoms with van der Waals surface area (Å²) in [7, 11) is 0. The molecule has 2 aliphatic rings. The van der Waals surface area contributed by atoms with Crippen LogP contribution in [0.1, 0.15) is 20.3 Å². The van der Waals surface area contributed by atoms with E-state index in [1.165, 1.54) is 0 Å². The van der Waals surface area contributed by atoms with Crippen LogP contribution >= 0.6 is 0 Å². The Morgan fingerprint density at radius 1 is 1.38 bits per heavy atom. The number of ether oxygens (including phenoxy) is 3. The smallest absolute Gasteiger partial charge is 0.338 e. The van der Waals surface area contributed by atoms with E-state index in [9.17, 15) is 9.90 Å². The van der Waals surface area contributed by atoms with Gasteiger partial charge in [-0.1, -0.05) is 11.8 Å². The summed E-state index contributed by atoms with van der Waals surface area (Å²) < 4.78 is 17.0. The molecule has 2 heterocycles. The SMILES string of the molecule is CC1(C)OC2C(C#CCCN(O)C(N)=O)OC(CO)C2O1. The molecule has 8 heteroatoms. The molecular weight excluding hydrogens is 280 g/mol. The maximum Gasteiger partial charge on any atom is 0.338 e. The normalized spacial score (nSPS) is 33.1. The van der Waals surface area contributed by atoms with E-state index in [0.29, 0.717) is 5.06 Å². The highest BCUT2D eigenvalue weighted by molar-refractivity contribution is 5.70. The van der Waals surface area contributed by atoms with Gasteiger partial charge in [0.2, 0.25) is 0 Å². The molecule has 2 aliphatic heterocycles. The molecule has 2 fully saturated rings. The predicted octanol–water partition coefficient (Wildman–Crippen LogP) is -0.570. The minimum Gasteiger partial charge on any atom is -0.394 e. The predicted molar refractivity (Wildman–Crippen MR) is 70.0 cm³/mol. The Hall–Kier alpha value is -1.37. The largest absolute Gasteiger partial charge is 0.394 e. The van der Waals surface area contributed by atoms with Gasteiger partial charge in [0.25, 0.3) is 0 Å². The molecule has 4 unspecified atom stereocenters. The van der Waals surface area contributed by atoms with Crippen LogP contribution in [0.4, 0.5) is 4.79 Å². The minimum absolute atomic E-state index is 0.00935. The molecule has 21 heavy (non-hydrogen) atoms. The van der Waals surface area contributed by atoms with Gasteiger partial charge < -0.3 is 25.1 Å². The molecule has 118 valence electrons. The van der Waals surface area contributed by atoms with E-state index in [2.05, 4.69) is 11.8 Å². The van der Waals surface area contributed by atoms with Crippen molar-refractivity contribution in [1.29, 1.82) is 0 Å². The lowest BCUT2D eigenvalue weighted by atomic mass is 10.1. The van der Waals surface area contributed by atoms with Crippen molar-refractivity contribution in [3.05, 3.63) is 0 Å². The number of carbonyl (C=O) groups excluding carboxylic acids is 1. The molecule has 4 N–H and O–H groups in total. The van der Waals surface area contributed by atoms with Crippen LogP contribution in [0.5, 0.6) is 0 Å². The zero-order valence-electron chi connectivity index (χ0n) is 12.0. The minimum atomic E-state index is -0.927. The first-order valence-electron chi connectivity index (χ1n) is 6.70. The van der Waals surface area contributed by atoms with Gasteiger partial charge in [-0.25, -0.2) is 9.86 Å². The molecule has 4 atom stereocenters. The van der Waals surface area contributed by atoms with Gasteiger partial charge >= 0.3 is 6.03 Å². The molecule has 0 aromatic heterocycles. The van der Waals surface area contributed by atoms with Crippen molar-refractivity contribution in [1.82, 2.24) is 5.06 Å². The number of amides is 2. The van der Waals surface area contributed by atoms with Crippen molar-refractivity contribution in [2.75, 3.05) is 13.2 Å². The first kappa shape index (κ1) is 16.0. The molecule has 2 rings (SSSR count). The molecule has 2 amide bonds. The van der Waals surface area contributed by atoms with Crippen LogP contribution in [0.3, 0.4) is 0 Å². The highest BCUT2D eigenvalue weighted by Crippen LogP contribution is 2.38. The van der Waals surface area contributed by atoms with Crippen LogP contribution in [0.2, 0.25) is 0 Å². The topological polar surface area (TPSA) is 114 Å². The van der Waals surface area contributed by atoms with Crippen LogP contribution in [0.25, 0.3) is 0 Å². The van der Waals surface area contributed by atoms with Crippen molar-refractivity contribution in [3.8, 4) is 11.8 Å². The number of rotatable bonds is 3. The lowest BCUT2D eigenvalue weighted by Gasteiger charge is -2.21. The molecule has 0 saturated carbocycles. The Morgan fingerprint density at radius 2 is 2.05 bits per heavy atom. The van der Waals surface area contributed by atoms with E-state index < -0.39 is 24.0 Å². The summed E-state index contributed by atoms with van der Waals surface area (Å²) in [5.41, 5.74) is 4.88. The third-order valence-corrected chi connectivity index (χ3v) is 3.28. The lowest BCUT2D eigenvalue weighted by molar-refractivity contribution is -0.184. The first-order chi connectivity index (χ1) is 9.84. The second kappa shape index (κ2) is 6.17. The summed E-state index contributed by atoms with van der Waals surface area (Å²) in [5, 5.41) is 18.8. The van der Waals surface area contributed by atoms with Crippen LogP contribution in [-0.4, -0.2) is 64.8 Å². The number of hydroxylamine groups is 2. The van der Waals surface area contributed by atoms with E-state index in [1.54, 1.807) is 13.8 Å². The molecule has 8 nitrogen and oxygen atoms in total. The maximum atomic E-state index is 10.6. The molecule has 0 aromatic carbocycles. The van der Waals surface area contributed by atoms with E-state index in [-0.39, 0.29) is 31.8 Å². The Bertz CT molecular complexity index is 457. The Morgan fingerprint density at radius 3 is 2.67 bits per heavy atom. The average Bonchev–Trinajstić information content (AvgIpc) is 2.88. The fourth-order valence-corrected chi connectivity index (χ4v) is 2.39. The second-order valence-electron chi connectivity index (χ2n) is 5.37. The van der Waals surface area contributed by atoms with Gasteiger partial charge in [0.1, 0.15) is 24.4 Å². The monoisotopic (exact) mass is 300 g/mol. The van der Waals surface area contributed by atoms with Crippen molar-refractivity contribution in [2.24, 2.45) is 5.73 Å². The lowest BCUT2D eigenvalue weighted by Crippen LogP contribution is -2.33. The number of hydrogen-bond donors (Lipinski definition) is 3. The van der Waals surface area contributed by atoms with Crippen LogP contribution in [-0.2, 0) is 14.2 Å². The van der Waals surface area contributed by atoms with Gasteiger partial charge in [-0.2, -0.15) is 0 Å². The van der Waals surface area contributed by atoms with E-state index in [4.69, 9.17) is 25.2 Å². The first-order valence-corrected chi connectivity index (χ1v) is 6.70. The summed E-state index contributed by atoms with van der Waals surface area (Å²) >= 11 is 0. The third-order valence-electron chi connectivity index (χ3n) is 3.28. The van der Waals surface area contributed by atoms with E-state index >= 15 is 0 Å². The molecule has 0 aliphatic carbocycles. The summed E-state index contributed by atoms with van der Waals surface area (Å²) in [6.45, 7) is 3.42. The van der Waals surface area contributed by atoms with Crippen molar-refractivity contribution in [2.45, 2.75) is 50.5 Å². The highest BCUT2D eigenvalue weighted by Gasteiger charge is 2.54. The summed E-state index contributed by atoms with van der Waals surface area (Å²) in [5.74, 6) is 4.93. The molecule has 0 aromatic rings. The Labute approximate surface area is 122 Å². The number of hydrogen-bond acceptors (Lipinski definition) is 6. The van der Waals surface area contributed by atoms with Crippen LogP contribution < -0.4 is 5.73 Å². The summed E-state index contributed by atoms with van der Waals surface area (Å²) in [6, 6.07) is -0.927.